The number of amidine groups is 1. The van der Waals surface area contributed by atoms with Gasteiger partial charge in [-0.05, 0) is 61.2 Å². The van der Waals surface area contributed by atoms with E-state index in [2.05, 4.69) is 28.1 Å². The first kappa shape index (κ1) is 21.4. The van der Waals surface area contributed by atoms with Gasteiger partial charge in [-0.25, -0.2) is 9.48 Å². The predicted octanol–water partition coefficient (Wildman–Crippen LogP) is 4.47. The lowest BCUT2D eigenvalue weighted by Crippen LogP contribution is -2.48. The average molecular weight is 414 g/mol. The number of β-amino-alcohol motifs (C(OH)–C–C–N with tert-alkyl or cyclic N) is 1. The minimum atomic E-state index is -2.84. The SMILES string of the molecule is CC[C@H](C)CCCC[N+]1=C2SCCCN2[C@](O)(c2ccc(OC(F)F)cc2)C1. The van der Waals surface area contributed by atoms with Crippen LogP contribution in [0.25, 0.3) is 0 Å². The summed E-state index contributed by atoms with van der Waals surface area (Å²) >= 11 is 1.80. The number of thioether (sulfide) groups is 1. The summed E-state index contributed by atoms with van der Waals surface area (Å²) in [4.78, 5) is 2.08. The van der Waals surface area contributed by atoms with Crippen LogP contribution in [0, 0.1) is 5.92 Å². The summed E-state index contributed by atoms with van der Waals surface area (Å²) in [6.45, 7) is 3.93. The van der Waals surface area contributed by atoms with Gasteiger partial charge >= 0.3 is 11.8 Å². The molecule has 0 aliphatic carbocycles. The fraction of sp³-hybridized carbons (Fsp3) is 0.667. The number of hydrogen-bond donors (Lipinski definition) is 1. The molecule has 0 saturated carbocycles. The standard InChI is InChI=1S/C21H31F2N2O2S/c1-3-16(2)7-4-5-12-24-15-21(26,25-13-6-14-28-20(24)25)17-8-10-18(11-9-17)27-19(22)23/h8-11,16,19,26H,3-7,12-15H2,1-2H3/q+1/t16-,21+/m0/s1. The van der Waals surface area contributed by atoms with E-state index in [9.17, 15) is 13.9 Å². The van der Waals surface area contributed by atoms with Crippen LogP contribution in [0.4, 0.5) is 8.78 Å². The number of unbranched alkanes of at least 4 members (excludes halogenated alkanes) is 1. The van der Waals surface area contributed by atoms with Crippen molar-refractivity contribution in [3.63, 3.8) is 0 Å². The fourth-order valence-corrected chi connectivity index (χ4v) is 5.10. The molecule has 156 valence electrons. The van der Waals surface area contributed by atoms with Gasteiger partial charge in [0.05, 0.1) is 13.1 Å². The molecule has 28 heavy (non-hydrogen) atoms. The van der Waals surface area contributed by atoms with Crippen LogP contribution in [-0.2, 0) is 5.72 Å². The highest BCUT2D eigenvalue weighted by Crippen LogP contribution is 2.37. The van der Waals surface area contributed by atoms with Crippen molar-refractivity contribution in [2.75, 3.05) is 25.4 Å². The minimum absolute atomic E-state index is 0.111. The smallest absolute Gasteiger partial charge is 0.387 e. The van der Waals surface area contributed by atoms with Gasteiger partial charge in [0.1, 0.15) is 5.75 Å². The Kier molecular flexibility index (Phi) is 7.20. The van der Waals surface area contributed by atoms with Gasteiger partial charge in [-0.1, -0.05) is 26.7 Å². The van der Waals surface area contributed by atoms with E-state index in [1.165, 1.54) is 31.4 Å². The third kappa shape index (κ3) is 4.79. The molecule has 1 aromatic rings. The summed E-state index contributed by atoms with van der Waals surface area (Å²) in [6.07, 6.45) is 5.79. The molecule has 4 nitrogen and oxygen atoms in total. The third-order valence-electron chi connectivity index (χ3n) is 5.73. The molecule has 0 amide bonds. The number of benzene rings is 1. The van der Waals surface area contributed by atoms with E-state index in [4.69, 9.17) is 0 Å². The van der Waals surface area contributed by atoms with Crippen LogP contribution in [0.1, 0.15) is 51.5 Å². The van der Waals surface area contributed by atoms with Gasteiger partial charge in [0.15, 0.2) is 6.54 Å². The molecule has 0 spiro atoms. The summed E-state index contributed by atoms with van der Waals surface area (Å²) in [7, 11) is 0. The van der Waals surface area contributed by atoms with E-state index in [1.807, 2.05) is 0 Å². The van der Waals surface area contributed by atoms with E-state index in [0.29, 0.717) is 6.54 Å². The molecule has 0 aromatic heterocycles. The number of hydrogen-bond acceptors (Lipinski definition) is 4. The normalized spacial score (nSPS) is 23.3. The first-order valence-electron chi connectivity index (χ1n) is 10.2. The first-order valence-corrected chi connectivity index (χ1v) is 11.2. The molecule has 1 fully saturated rings. The molecule has 2 aliphatic rings. The Balaban J connectivity index is 1.70. The molecule has 1 aromatic carbocycles. The highest BCUT2D eigenvalue weighted by atomic mass is 32.2. The number of fused-ring (bicyclic) bond motifs is 1. The summed E-state index contributed by atoms with van der Waals surface area (Å²) in [5.74, 6) is 1.93. The second kappa shape index (κ2) is 9.44. The number of alkyl halides is 2. The molecule has 2 atom stereocenters. The largest absolute Gasteiger partial charge is 0.435 e. The zero-order valence-electron chi connectivity index (χ0n) is 16.7. The number of halogens is 2. The van der Waals surface area contributed by atoms with E-state index >= 15 is 0 Å². The molecule has 0 radical (unpaired) electrons. The third-order valence-corrected chi connectivity index (χ3v) is 6.96. The number of rotatable bonds is 9. The second-order valence-corrected chi connectivity index (χ2v) is 8.85. The molecule has 0 bridgehead atoms. The van der Waals surface area contributed by atoms with Crippen LogP contribution >= 0.6 is 11.8 Å². The highest BCUT2D eigenvalue weighted by molar-refractivity contribution is 8.13. The van der Waals surface area contributed by atoms with Crippen molar-refractivity contribution in [3.05, 3.63) is 29.8 Å². The lowest BCUT2D eigenvalue weighted by Gasteiger charge is -2.30. The van der Waals surface area contributed by atoms with Crippen LogP contribution in [0.15, 0.2) is 24.3 Å². The van der Waals surface area contributed by atoms with Crippen molar-refractivity contribution in [1.29, 1.82) is 0 Å². The zero-order valence-corrected chi connectivity index (χ0v) is 17.6. The van der Waals surface area contributed by atoms with Crippen LogP contribution in [-0.4, -0.2) is 51.7 Å². The van der Waals surface area contributed by atoms with Crippen LogP contribution in [0.3, 0.4) is 0 Å². The summed E-state index contributed by atoms with van der Waals surface area (Å²) in [5, 5.41) is 12.7. The second-order valence-electron chi connectivity index (χ2n) is 7.79. The Morgan fingerprint density at radius 1 is 1.29 bits per heavy atom. The Hall–Kier alpha value is -1.34. The maximum Gasteiger partial charge on any atom is 0.387 e. The molecule has 7 heteroatoms. The molecule has 2 aliphatic heterocycles. The maximum atomic E-state index is 12.4. The lowest BCUT2D eigenvalue weighted by atomic mass is 10.0. The van der Waals surface area contributed by atoms with E-state index in [1.54, 1.807) is 23.9 Å². The summed E-state index contributed by atoms with van der Waals surface area (Å²) in [6, 6.07) is 6.40. The lowest BCUT2D eigenvalue weighted by molar-refractivity contribution is -0.532. The molecule has 1 N–H and O–H groups in total. The molecule has 0 unspecified atom stereocenters. The van der Waals surface area contributed by atoms with E-state index < -0.39 is 12.3 Å². The highest BCUT2D eigenvalue weighted by Gasteiger charge is 2.54. The average Bonchev–Trinajstić information content (AvgIpc) is 2.98. The fourth-order valence-electron chi connectivity index (χ4n) is 3.91. The van der Waals surface area contributed by atoms with Crippen molar-refractivity contribution in [3.8, 4) is 5.75 Å². The molecule has 3 rings (SSSR count). The van der Waals surface area contributed by atoms with Gasteiger partial charge in [-0.2, -0.15) is 8.78 Å². The summed E-state index contributed by atoms with van der Waals surface area (Å²) < 4.78 is 31.5. The first-order chi connectivity index (χ1) is 13.4. The van der Waals surface area contributed by atoms with E-state index in [-0.39, 0.29) is 5.75 Å². The maximum absolute atomic E-state index is 12.4. The number of aliphatic hydroxyl groups is 1. The quantitative estimate of drug-likeness (QED) is 0.479. The minimum Gasteiger partial charge on any atom is -0.435 e. The van der Waals surface area contributed by atoms with Gasteiger partial charge in [0.25, 0.3) is 5.72 Å². The van der Waals surface area contributed by atoms with Crippen molar-refractivity contribution in [2.24, 2.45) is 5.92 Å². The number of nitrogens with zero attached hydrogens (tertiary/aromatic N) is 2. The molecular formula is C21H31F2N2O2S+. The van der Waals surface area contributed by atoms with E-state index in [0.717, 1.165) is 48.3 Å². The van der Waals surface area contributed by atoms with Gasteiger partial charge in [0.2, 0.25) is 0 Å². The van der Waals surface area contributed by atoms with Gasteiger partial charge in [-0.15, -0.1) is 0 Å². The molecular weight excluding hydrogens is 382 g/mol. The van der Waals surface area contributed by atoms with Crippen molar-refractivity contribution < 1.29 is 23.2 Å². The molecule has 1 saturated heterocycles. The summed E-state index contributed by atoms with van der Waals surface area (Å²) in [5.41, 5.74) is -0.403. The topological polar surface area (TPSA) is 35.7 Å². The number of ether oxygens (including phenoxy) is 1. The zero-order chi connectivity index (χ0) is 20.1. The van der Waals surface area contributed by atoms with Crippen molar-refractivity contribution in [2.45, 2.75) is 58.3 Å². The van der Waals surface area contributed by atoms with Gasteiger partial charge < -0.3 is 9.84 Å². The van der Waals surface area contributed by atoms with Crippen LogP contribution in [0.2, 0.25) is 0 Å². The van der Waals surface area contributed by atoms with Crippen molar-refractivity contribution in [1.82, 2.24) is 4.90 Å². The monoisotopic (exact) mass is 413 g/mol. The predicted molar refractivity (Wildman–Crippen MR) is 109 cm³/mol. The van der Waals surface area contributed by atoms with Gasteiger partial charge in [0, 0.05) is 11.3 Å². The van der Waals surface area contributed by atoms with Crippen LogP contribution in [0.5, 0.6) is 5.75 Å². The Morgan fingerprint density at radius 3 is 2.71 bits per heavy atom. The Morgan fingerprint density at radius 2 is 2.04 bits per heavy atom. The van der Waals surface area contributed by atoms with Crippen LogP contribution < -0.4 is 4.74 Å². The molecule has 2 heterocycles. The Labute approximate surface area is 170 Å². The Bertz CT molecular complexity index is 683. The van der Waals surface area contributed by atoms with Crippen molar-refractivity contribution >= 4 is 16.9 Å². The van der Waals surface area contributed by atoms with Gasteiger partial charge in [-0.3, -0.25) is 0 Å².